The van der Waals surface area contributed by atoms with Crippen molar-refractivity contribution in [1.29, 1.82) is 0 Å². The van der Waals surface area contributed by atoms with Crippen LogP contribution in [0.3, 0.4) is 0 Å². The highest BCUT2D eigenvalue weighted by Gasteiger charge is 2.65. The average Bonchev–Trinajstić information content (AvgIpc) is 2.88. The minimum atomic E-state index is -3.44. The second-order valence-electron chi connectivity index (χ2n) is 8.28. The van der Waals surface area contributed by atoms with Crippen molar-refractivity contribution in [3.05, 3.63) is 35.4 Å². The number of ketones is 1. The van der Waals surface area contributed by atoms with Gasteiger partial charge in [0.05, 0.1) is 5.75 Å². The van der Waals surface area contributed by atoms with Crippen LogP contribution in [0.4, 0.5) is 0 Å². The number of hydrogen-bond acceptors (Lipinski definition) is 3. The maximum atomic E-state index is 13.1. The molecular formula is C19H25NO3S. The molecule has 5 heteroatoms. The van der Waals surface area contributed by atoms with Gasteiger partial charge in [-0.1, -0.05) is 38.1 Å². The third kappa shape index (κ3) is 2.14. The summed E-state index contributed by atoms with van der Waals surface area (Å²) in [6, 6.07) is 8.04. The molecule has 0 unspecified atom stereocenters. The first-order chi connectivity index (χ1) is 11.3. The molecule has 1 aromatic rings. The van der Waals surface area contributed by atoms with Crippen LogP contribution in [0.2, 0.25) is 0 Å². The van der Waals surface area contributed by atoms with E-state index in [2.05, 4.69) is 19.9 Å². The summed E-state index contributed by atoms with van der Waals surface area (Å²) in [5.74, 6) is 0.511. The lowest BCUT2D eigenvalue weighted by molar-refractivity contribution is -0.128. The van der Waals surface area contributed by atoms with E-state index in [4.69, 9.17) is 0 Å². The summed E-state index contributed by atoms with van der Waals surface area (Å²) in [5, 5.41) is 0. The molecule has 2 fully saturated rings. The maximum absolute atomic E-state index is 13.1. The molecule has 130 valence electrons. The summed E-state index contributed by atoms with van der Waals surface area (Å²) in [4.78, 5) is 12.6. The number of benzene rings is 1. The molecule has 0 spiro atoms. The van der Waals surface area contributed by atoms with Gasteiger partial charge in [0.15, 0.2) is 0 Å². The minimum absolute atomic E-state index is 0.00942. The van der Waals surface area contributed by atoms with Gasteiger partial charge < -0.3 is 0 Å². The number of fused-ring (bicyclic) bond motifs is 3. The van der Waals surface area contributed by atoms with Crippen molar-refractivity contribution in [3.8, 4) is 0 Å². The quantitative estimate of drug-likeness (QED) is 0.845. The first-order valence-corrected chi connectivity index (χ1v) is 10.5. The first kappa shape index (κ1) is 16.3. The fourth-order valence-electron chi connectivity index (χ4n) is 5.22. The average molecular weight is 347 g/mol. The molecule has 1 heterocycles. The molecule has 2 atom stereocenters. The molecule has 0 radical (unpaired) electrons. The van der Waals surface area contributed by atoms with Crippen molar-refractivity contribution < 1.29 is 13.2 Å². The molecule has 0 saturated heterocycles. The SMILES string of the molecule is CC1(C)[C@@H]2CC[C@@]1(CS(=O)(=O)N1CCc3ccccc3C1)C(=O)C2. The Bertz CT molecular complexity index is 799. The standard InChI is InChI=1S/C19H25NO3S/c1-18(2)16-7-9-19(18,17(21)11-16)13-24(22,23)20-10-8-14-5-3-4-6-15(14)12-20/h3-6,16H,7-13H2,1-2H3/t16-,19-/m1/s1. The van der Waals surface area contributed by atoms with Crippen LogP contribution in [0.15, 0.2) is 24.3 Å². The van der Waals surface area contributed by atoms with Crippen LogP contribution in [0.5, 0.6) is 0 Å². The molecule has 2 saturated carbocycles. The van der Waals surface area contributed by atoms with Gasteiger partial charge in [-0.25, -0.2) is 8.42 Å². The number of nitrogens with zero attached hydrogens (tertiary/aromatic N) is 1. The van der Waals surface area contributed by atoms with E-state index in [1.54, 1.807) is 4.31 Å². The number of sulfonamides is 1. The zero-order valence-electron chi connectivity index (χ0n) is 14.4. The molecule has 24 heavy (non-hydrogen) atoms. The van der Waals surface area contributed by atoms with E-state index < -0.39 is 15.4 Å². The maximum Gasteiger partial charge on any atom is 0.215 e. The highest BCUT2D eigenvalue weighted by atomic mass is 32.2. The number of hydrogen-bond donors (Lipinski definition) is 0. The van der Waals surface area contributed by atoms with Gasteiger partial charge in [0, 0.05) is 24.9 Å². The van der Waals surface area contributed by atoms with E-state index in [-0.39, 0.29) is 17.0 Å². The highest BCUT2D eigenvalue weighted by Crippen LogP contribution is 2.64. The zero-order valence-corrected chi connectivity index (χ0v) is 15.2. The van der Waals surface area contributed by atoms with E-state index in [1.807, 2.05) is 18.2 Å². The van der Waals surface area contributed by atoms with Crippen LogP contribution in [0, 0.1) is 16.7 Å². The van der Waals surface area contributed by atoms with Gasteiger partial charge in [0.2, 0.25) is 10.0 Å². The predicted molar refractivity (Wildman–Crippen MR) is 92.9 cm³/mol. The summed E-state index contributed by atoms with van der Waals surface area (Å²) >= 11 is 0. The molecule has 2 aliphatic carbocycles. The van der Waals surface area contributed by atoms with E-state index in [0.717, 1.165) is 24.8 Å². The number of carbonyl (C=O) groups excluding carboxylic acids is 1. The molecule has 0 amide bonds. The van der Waals surface area contributed by atoms with Crippen LogP contribution in [-0.4, -0.2) is 30.8 Å². The van der Waals surface area contributed by atoms with Gasteiger partial charge >= 0.3 is 0 Å². The van der Waals surface area contributed by atoms with Crippen LogP contribution in [0.1, 0.15) is 44.2 Å². The summed E-state index contributed by atoms with van der Waals surface area (Å²) in [5.41, 5.74) is 1.45. The van der Waals surface area contributed by atoms with Gasteiger partial charge in [0.1, 0.15) is 5.78 Å². The normalized spacial score (nSPS) is 32.1. The highest BCUT2D eigenvalue weighted by molar-refractivity contribution is 7.89. The van der Waals surface area contributed by atoms with Gasteiger partial charge in [-0.3, -0.25) is 4.79 Å². The van der Waals surface area contributed by atoms with E-state index >= 15 is 0 Å². The van der Waals surface area contributed by atoms with Crippen LogP contribution >= 0.6 is 0 Å². The van der Waals surface area contributed by atoms with Crippen molar-refractivity contribution >= 4 is 15.8 Å². The fraction of sp³-hybridized carbons (Fsp3) is 0.632. The Labute approximate surface area is 144 Å². The van der Waals surface area contributed by atoms with Crippen molar-refractivity contribution in [1.82, 2.24) is 4.31 Å². The molecule has 3 aliphatic rings. The lowest BCUT2D eigenvalue weighted by Gasteiger charge is -2.38. The number of rotatable bonds is 3. The molecule has 4 nitrogen and oxygen atoms in total. The van der Waals surface area contributed by atoms with Crippen LogP contribution in [0.25, 0.3) is 0 Å². The van der Waals surface area contributed by atoms with Crippen molar-refractivity contribution in [2.24, 2.45) is 16.7 Å². The minimum Gasteiger partial charge on any atom is -0.299 e. The second kappa shape index (κ2) is 5.15. The Morgan fingerprint density at radius 2 is 1.92 bits per heavy atom. The molecule has 1 aromatic carbocycles. The largest absolute Gasteiger partial charge is 0.299 e. The van der Waals surface area contributed by atoms with Crippen molar-refractivity contribution in [2.75, 3.05) is 12.3 Å². The topological polar surface area (TPSA) is 54.5 Å². The Hall–Kier alpha value is -1.20. The van der Waals surface area contributed by atoms with Gasteiger partial charge in [-0.15, -0.1) is 0 Å². The van der Waals surface area contributed by atoms with Gasteiger partial charge in [-0.05, 0) is 41.7 Å². The molecule has 2 bridgehead atoms. The Morgan fingerprint density at radius 3 is 2.54 bits per heavy atom. The van der Waals surface area contributed by atoms with E-state index in [0.29, 0.717) is 25.4 Å². The van der Waals surface area contributed by atoms with Crippen LogP contribution < -0.4 is 0 Å². The lowest BCUT2D eigenvalue weighted by atomic mass is 9.70. The number of carbonyl (C=O) groups is 1. The molecular weight excluding hydrogens is 322 g/mol. The molecule has 1 aliphatic heterocycles. The summed E-state index contributed by atoms with van der Waals surface area (Å²) in [7, 11) is -3.44. The molecule has 0 N–H and O–H groups in total. The van der Waals surface area contributed by atoms with E-state index in [1.165, 1.54) is 5.56 Å². The Balaban J connectivity index is 1.62. The summed E-state index contributed by atoms with van der Waals surface area (Å²) in [6.07, 6.45) is 3.03. The van der Waals surface area contributed by atoms with E-state index in [9.17, 15) is 13.2 Å². The zero-order chi connectivity index (χ0) is 17.2. The van der Waals surface area contributed by atoms with Crippen molar-refractivity contribution in [3.63, 3.8) is 0 Å². The van der Waals surface area contributed by atoms with Crippen molar-refractivity contribution in [2.45, 2.75) is 46.1 Å². The van der Waals surface area contributed by atoms with Gasteiger partial charge in [-0.2, -0.15) is 4.31 Å². The molecule has 0 aromatic heterocycles. The van der Waals surface area contributed by atoms with Gasteiger partial charge in [0.25, 0.3) is 0 Å². The third-order valence-corrected chi connectivity index (χ3v) is 9.01. The monoisotopic (exact) mass is 347 g/mol. The Kier molecular flexibility index (Phi) is 3.49. The molecule has 4 rings (SSSR count). The Morgan fingerprint density at radius 1 is 1.21 bits per heavy atom. The second-order valence-corrected chi connectivity index (χ2v) is 10.2. The predicted octanol–water partition coefficient (Wildman–Crippen LogP) is 2.77. The lowest BCUT2D eigenvalue weighted by Crippen LogP contribution is -2.47. The number of Topliss-reactive ketones (excluding diaryl/α,β-unsaturated/α-hetero) is 1. The first-order valence-electron chi connectivity index (χ1n) is 8.84. The fourth-order valence-corrected chi connectivity index (χ4v) is 7.41. The summed E-state index contributed by atoms with van der Waals surface area (Å²) < 4.78 is 27.9. The van der Waals surface area contributed by atoms with Crippen LogP contribution in [-0.2, 0) is 27.8 Å². The smallest absolute Gasteiger partial charge is 0.215 e. The summed E-state index contributed by atoms with van der Waals surface area (Å²) in [6.45, 7) is 5.15. The third-order valence-electron chi connectivity index (χ3n) is 7.06.